The Hall–Kier alpha value is -0.710. The van der Waals surface area contributed by atoms with Crippen molar-refractivity contribution in [3.8, 4) is 10.6 Å². The molecule has 2 heterocycles. The Balaban J connectivity index is 2.61. The third-order valence-electron chi connectivity index (χ3n) is 1.82. The number of nitrogens with zero attached hydrogens (tertiary/aromatic N) is 1. The molecule has 0 saturated carbocycles. The summed E-state index contributed by atoms with van der Waals surface area (Å²) in [6, 6.07) is 3.85. The molecule has 0 bridgehead atoms. The van der Waals surface area contributed by atoms with Crippen molar-refractivity contribution in [2.24, 2.45) is 0 Å². The van der Waals surface area contributed by atoms with Crippen LogP contribution < -0.4 is 0 Å². The summed E-state index contributed by atoms with van der Waals surface area (Å²) in [6.07, 6.45) is 1.77. The van der Waals surface area contributed by atoms with Crippen molar-refractivity contribution in [2.45, 2.75) is 6.92 Å². The molecule has 2 nitrogen and oxygen atoms in total. The number of rotatable bonds is 1. The molecule has 72 valence electrons. The zero-order valence-electron chi connectivity index (χ0n) is 7.37. The maximum atomic E-state index is 5.87. The molecule has 0 saturated heterocycles. The Labute approximate surface area is 95.6 Å². The summed E-state index contributed by atoms with van der Waals surface area (Å²) in [7, 11) is 0. The van der Waals surface area contributed by atoms with Gasteiger partial charge in [0, 0.05) is 6.20 Å². The van der Waals surface area contributed by atoms with Gasteiger partial charge in [-0.3, -0.25) is 0 Å². The fourth-order valence-corrected chi connectivity index (χ4v) is 2.43. The van der Waals surface area contributed by atoms with Gasteiger partial charge in [-0.15, -0.1) is 11.3 Å². The highest BCUT2D eigenvalue weighted by molar-refractivity contribution is 7.71. The van der Waals surface area contributed by atoms with Crippen LogP contribution in [0.1, 0.15) is 5.56 Å². The monoisotopic (exact) mass is 242 g/mol. The highest BCUT2D eigenvalue weighted by Crippen LogP contribution is 2.30. The van der Waals surface area contributed by atoms with Crippen LogP contribution in [0.3, 0.4) is 0 Å². The van der Waals surface area contributed by atoms with Crippen molar-refractivity contribution in [2.75, 3.05) is 0 Å². The Morgan fingerprint density at radius 1 is 1.50 bits per heavy atom. The number of aromatic nitrogens is 2. The van der Waals surface area contributed by atoms with E-state index in [4.69, 9.17) is 23.8 Å². The first-order chi connectivity index (χ1) is 6.66. The van der Waals surface area contributed by atoms with Crippen molar-refractivity contribution < 1.29 is 0 Å². The lowest BCUT2D eigenvalue weighted by atomic mass is 10.2. The number of thiophene rings is 1. The zero-order chi connectivity index (χ0) is 10.1. The molecular weight excluding hydrogens is 236 g/mol. The van der Waals surface area contributed by atoms with Gasteiger partial charge in [-0.1, -0.05) is 11.6 Å². The normalized spacial score (nSPS) is 10.4. The molecule has 0 atom stereocenters. The minimum atomic E-state index is 0.495. The van der Waals surface area contributed by atoms with Crippen LogP contribution in [0.2, 0.25) is 4.34 Å². The molecule has 0 aliphatic carbocycles. The number of hydrogen-bond donors (Lipinski definition) is 1. The Bertz CT molecular complexity index is 516. The zero-order valence-corrected chi connectivity index (χ0v) is 9.76. The van der Waals surface area contributed by atoms with Gasteiger partial charge < -0.3 is 4.98 Å². The molecule has 0 radical (unpaired) electrons. The van der Waals surface area contributed by atoms with E-state index in [1.807, 2.05) is 19.1 Å². The van der Waals surface area contributed by atoms with E-state index < -0.39 is 0 Å². The summed E-state index contributed by atoms with van der Waals surface area (Å²) in [5.74, 6) is 0. The van der Waals surface area contributed by atoms with E-state index in [1.165, 1.54) is 11.3 Å². The molecule has 0 aliphatic heterocycles. The highest BCUT2D eigenvalue weighted by atomic mass is 35.5. The fraction of sp³-hybridized carbons (Fsp3) is 0.111. The third kappa shape index (κ3) is 1.87. The molecule has 14 heavy (non-hydrogen) atoms. The molecule has 0 aromatic carbocycles. The first-order valence-corrected chi connectivity index (χ1v) is 5.59. The Kier molecular flexibility index (Phi) is 2.67. The molecule has 2 aromatic rings. The van der Waals surface area contributed by atoms with Crippen LogP contribution in [0.5, 0.6) is 0 Å². The van der Waals surface area contributed by atoms with Crippen molar-refractivity contribution in [1.29, 1.82) is 0 Å². The van der Waals surface area contributed by atoms with Crippen LogP contribution in [0.25, 0.3) is 10.6 Å². The van der Waals surface area contributed by atoms with E-state index in [2.05, 4.69) is 9.97 Å². The van der Waals surface area contributed by atoms with Crippen molar-refractivity contribution in [1.82, 2.24) is 9.97 Å². The molecule has 2 rings (SSSR count). The van der Waals surface area contributed by atoms with E-state index in [1.54, 1.807) is 6.20 Å². The van der Waals surface area contributed by atoms with Crippen molar-refractivity contribution in [3.05, 3.63) is 33.0 Å². The number of aromatic amines is 1. The predicted molar refractivity (Wildman–Crippen MR) is 62.5 cm³/mol. The first kappa shape index (κ1) is 9.83. The first-order valence-electron chi connectivity index (χ1n) is 3.98. The average molecular weight is 243 g/mol. The van der Waals surface area contributed by atoms with Gasteiger partial charge in [-0.2, -0.15) is 0 Å². The average Bonchev–Trinajstić information content (AvgIpc) is 2.56. The van der Waals surface area contributed by atoms with Crippen LogP contribution >= 0.6 is 35.2 Å². The van der Waals surface area contributed by atoms with E-state index in [0.29, 0.717) is 4.77 Å². The second kappa shape index (κ2) is 3.81. The maximum absolute atomic E-state index is 5.87. The van der Waals surface area contributed by atoms with Gasteiger partial charge in [0.25, 0.3) is 0 Å². The van der Waals surface area contributed by atoms with Gasteiger partial charge in [-0.25, -0.2) is 4.98 Å². The van der Waals surface area contributed by atoms with Crippen LogP contribution in [-0.4, -0.2) is 9.97 Å². The minimum absolute atomic E-state index is 0.495. The van der Waals surface area contributed by atoms with Gasteiger partial charge in [-0.05, 0) is 36.8 Å². The number of hydrogen-bond acceptors (Lipinski definition) is 3. The third-order valence-corrected chi connectivity index (χ3v) is 3.28. The van der Waals surface area contributed by atoms with E-state index in [-0.39, 0.29) is 0 Å². The van der Waals surface area contributed by atoms with E-state index in [0.717, 1.165) is 20.5 Å². The standard InChI is InChI=1S/C9H7ClN2S2/c1-5-4-11-9(13)12-8(5)6-2-3-7(10)14-6/h2-4H,1H3,(H,11,12,13). The number of H-pyrrole nitrogens is 1. The Morgan fingerprint density at radius 3 is 2.93 bits per heavy atom. The van der Waals surface area contributed by atoms with Gasteiger partial charge in [0.1, 0.15) is 0 Å². The SMILES string of the molecule is Cc1cnc(=S)[nH]c1-c1ccc(Cl)s1. The quantitative estimate of drug-likeness (QED) is 0.770. The van der Waals surface area contributed by atoms with Crippen molar-refractivity contribution in [3.63, 3.8) is 0 Å². The number of nitrogens with one attached hydrogen (secondary N) is 1. The van der Waals surface area contributed by atoms with Crippen molar-refractivity contribution >= 4 is 35.2 Å². The summed E-state index contributed by atoms with van der Waals surface area (Å²) in [4.78, 5) is 8.15. The molecule has 0 unspecified atom stereocenters. The Morgan fingerprint density at radius 2 is 2.29 bits per heavy atom. The highest BCUT2D eigenvalue weighted by Gasteiger charge is 2.05. The second-order valence-corrected chi connectivity index (χ2v) is 4.95. The molecule has 5 heteroatoms. The summed E-state index contributed by atoms with van der Waals surface area (Å²) in [6.45, 7) is 1.99. The predicted octanol–water partition coefficient (Wildman–Crippen LogP) is 3.83. The van der Waals surface area contributed by atoms with Crippen LogP contribution in [0.15, 0.2) is 18.3 Å². The molecule has 0 amide bonds. The molecule has 1 N–H and O–H groups in total. The molecule has 0 spiro atoms. The van der Waals surface area contributed by atoms with Gasteiger partial charge in [0.15, 0.2) is 4.77 Å². The lowest BCUT2D eigenvalue weighted by Crippen LogP contribution is -1.88. The molecule has 0 fully saturated rings. The summed E-state index contributed by atoms with van der Waals surface area (Å²) in [5.41, 5.74) is 2.07. The summed E-state index contributed by atoms with van der Waals surface area (Å²) >= 11 is 12.4. The minimum Gasteiger partial charge on any atom is -0.329 e. The lowest BCUT2D eigenvalue weighted by Gasteiger charge is -2.01. The van der Waals surface area contributed by atoms with Gasteiger partial charge in [0.2, 0.25) is 0 Å². The smallest absolute Gasteiger partial charge is 0.197 e. The van der Waals surface area contributed by atoms with Gasteiger partial charge in [0.05, 0.1) is 14.9 Å². The van der Waals surface area contributed by atoms with E-state index >= 15 is 0 Å². The van der Waals surface area contributed by atoms with Crippen LogP contribution in [0.4, 0.5) is 0 Å². The van der Waals surface area contributed by atoms with Crippen LogP contribution in [0, 0.1) is 11.7 Å². The van der Waals surface area contributed by atoms with Gasteiger partial charge >= 0.3 is 0 Å². The molecule has 2 aromatic heterocycles. The number of aryl methyl sites for hydroxylation is 1. The lowest BCUT2D eigenvalue weighted by molar-refractivity contribution is 1.11. The summed E-state index contributed by atoms with van der Waals surface area (Å²) < 4.78 is 1.27. The largest absolute Gasteiger partial charge is 0.329 e. The fourth-order valence-electron chi connectivity index (χ4n) is 1.16. The maximum Gasteiger partial charge on any atom is 0.197 e. The van der Waals surface area contributed by atoms with E-state index in [9.17, 15) is 0 Å². The summed E-state index contributed by atoms with van der Waals surface area (Å²) in [5, 5.41) is 0. The molecule has 0 aliphatic rings. The molecular formula is C9H7ClN2S2. The van der Waals surface area contributed by atoms with Crippen LogP contribution in [-0.2, 0) is 0 Å². The topological polar surface area (TPSA) is 28.7 Å². The second-order valence-electron chi connectivity index (χ2n) is 2.85. The number of halogens is 1.